The van der Waals surface area contributed by atoms with Gasteiger partial charge < -0.3 is 24.6 Å². The van der Waals surface area contributed by atoms with Crippen LogP contribution in [0.2, 0.25) is 0 Å². The van der Waals surface area contributed by atoms with Crippen LogP contribution in [0.15, 0.2) is 35.3 Å². The number of carbonyl (C=O) groups excluding carboxylic acids is 1. The number of ether oxygens (including phenoxy) is 1. The molecule has 2 aromatic carbocycles. The molecule has 2 heterocycles. The van der Waals surface area contributed by atoms with Crippen LogP contribution >= 0.6 is 0 Å². The zero-order valence-corrected chi connectivity index (χ0v) is 28.4. The van der Waals surface area contributed by atoms with E-state index in [0.717, 1.165) is 30.3 Å². The zero-order chi connectivity index (χ0) is 36.4. The number of benzene rings is 2. The van der Waals surface area contributed by atoms with E-state index in [1.807, 2.05) is 4.90 Å². The SMILES string of the molecule is COc1ccc(C)c(-c2cc(C)c(F)c(C(CC(=O)O)NC(=O)C(CC(C)C)n3cc(CCN4CCC4)c(C(F)(F)F)cc3=O)c2F)c1C. The first-order valence-corrected chi connectivity index (χ1v) is 16.1. The predicted octanol–water partition coefficient (Wildman–Crippen LogP) is 6.91. The molecule has 0 spiro atoms. The average Bonchev–Trinajstić information content (AvgIpc) is 2.97. The smallest absolute Gasteiger partial charge is 0.416 e. The maximum atomic E-state index is 16.5. The third-order valence-corrected chi connectivity index (χ3v) is 9.02. The van der Waals surface area contributed by atoms with E-state index in [1.54, 1.807) is 39.8 Å². The van der Waals surface area contributed by atoms with Crippen molar-refractivity contribution in [1.29, 1.82) is 0 Å². The zero-order valence-electron chi connectivity index (χ0n) is 28.4. The van der Waals surface area contributed by atoms with Crippen molar-refractivity contribution in [3.63, 3.8) is 0 Å². The Kier molecular flexibility index (Phi) is 11.6. The highest BCUT2D eigenvalue weighted by Crippen LogP contribution is 2.39. The van der Waals surface area contributed by atoms with Crippen molar-refractivity contribution in [2.75, 3.05) is 26.7 Å². The maximum absolute atomic E-state index is 16.5. The first-order valence-electron chi connectivity index (χ1n) is 16.1. The third-order valence-electron chi connectivity index (χ3n) is 9.02. The van der Waals surface area contributed by atoms with Crippen LogP contribution in [0.5, 0.6) is 5.75 Å². The van der Waals surface area contributed by atoms with Crippen molar-refractivity contribution >= 4 is 11.9 Å². The molecule has 1 aromatic heterocycles. The van der Waals surface area contributed by atoms with E-state index in [4.69, 9.17) is 4.74 Å². The minimum Gasteiger partial charge on any atom is -0.496 e. The molecule has 1 saturated heterocycles. The van der Waals surface area contributed by atoms with Crippen molar-refractivity contribution in [3.05, 3.63) is 85.8 Å². The highest BCUT2D eigenvalue weighted by molar-refractivity contribution is 5.82. The van der Waals surface area contributed by atoms with Crippen molar-refractivity contribution < 1.29 is 41.4 Å². The van der Waals surface area contributed by atoms with Crippen LogP contribution in [0.25, 0.3) is 11.1 Å². The van der Waals surface area contributed by atoms with Crippen molar-refractivity contribution in [2.24, 2.45) is 5.92 Å². The molecule has 0 saturated carbocycles. The number of carboxylic acid groups (broad SMARTS) is 1. The fourth-order valence-electron chi connectivity index (χ4n) is 6.39. The maximum Gasteiger partial charge on any atom is 0.416 e. The van der Waals surface area contributed by atoms with Crippen LogP contribution in [0, 0.1) is 38.3 Å². The van der Waals surface area contributed by atoms with Gasteiger partial charge in [-0.2, -0.15) is 13.2 Å². The van der Waals surface area contributed by atoms with Gasteiger partial charge in [-0.25, -0.2) is 8.78 Å². The molecule has 1 aliphatic heterocycles. The molecule has 2 atom stereocenters. The number of carboxylic acids is 1. The molecule has 1 amide bonds. The largest absolute Gasteiger partial charge is 0.496 e. The van der Waals surface area contributed by atoms with E-state index in [0.29, 0.717) is 35.1 Å². The molecule has 49 heavy (non-hydrogen) atoms. The Morgan fingerprint density at radius 2 is 1.71 bits per heavy atom. The molecule has 1 aliphatic rings. The van der Waals surface area contributed by atoms with Crippen LogP contribution in [-0.4, -0.2) is 53.2 Å². The molecule has 13 heteroatoms. The van der Waals surface area contributed by atoms with Gasteiger partial charge in [0.15, 0.2) is 0 Å². The van der Waals surface area contributed by atoms with Gasteiger partial charge >= 0.3 is 12.1 Å². The lowest BCUT2D eigenvalue weighted by atomic mass is 9.89. The number of aryl methyl sites for hydroxylation is 2. The lowest BCUT2D eigenvalue weighted by Gasteiger charge is -2.31. The van der Waals surface area contributed by atoms with Crippen LogP contribution in [-0.2, 0) is 22.2 Å². The van der Waals surface area contributed by atoms with E-state index in [-0.39, 0.29) is 35.4 Å². The fraction of sp³-hybridized carbons (Fsp3) is 0.472. The Morgan fingerprint density at radius 3 is 2.27 bits per heavy atom. The quantitative estimate of drug-likeness (QED) is 0.189. The van der Waals surface area contributed by atoms with Gasteiger partial charge in [0, 0.05) is 29.9 Å². The molecule has 4 rings (SSSR count). The number of nitrogens with one attached hydrogen (secondary N) is 1. The Hall–Kier alpha value is -4.26. The molecular weight excluding hydrogens is 649 g/mol. The molecule has 2 N–H and O–H groups in total. The van der Waals surface area contributed by atoms with Crippen LogP contribution in [0.3, 0.4) is 0 Å². The van der Waals surface area contributed by atoms with Crippen molar-refractivity contribution in [3.8, 4) is 16.9 Å². The summed E-state index contributed by atoms with van der Waals surface area (Å²) in [5.41, 5.74) is -1.49. The second kappa shape index (κ2) is 15.1. The first-order chi connectivity index (χ1) is 22.9. The number of nitrogens with zero attached hydrogens (tertiary/aromatic N) is 2. The number of amides is 1. The highest BCUT2D eigenvalue weighted by Gasteiger charge is 2.37. The van der Waals surface area contributed by atoms with Gasteiger partial charge in [-0.3, -0.25) is 14.4 Å². The van der Waals surface area contributed by atoms with Gasteiger partial charge in [-0.05, 0) is 99.0 Å². The Bertz CT molecular complexity index is 1780. The average molecular weight is 692 g/mol. The summed E-state index contributed by atoms with van der Waals surface area (Å²) >= 11 is 0. The number of likely N-dealkylation sites (tertiary alicyclic amines) is 1. The van der Waals surface area contributed by atoms with Crippen molar-refractivity contribution in [2.45, 2.75) is 78.6 Å². The molecule has 0 radical (unpaired) electrons. The molecule has 3 aromatic rings. The Morgan fingerprint density at radius 1 is 1.04 bits per heavy atom. The van der Waals surface area contributed by atoms with Gasteiger partial charge in [0.25, 0.3) is 5.56 Å². The number of pyridine rings is 1. The normalized spacial score (nSPS) is 14.8. The van der Waals surface area contributed by atoms with Gasteiger partial charge in [-0.15, -0.1) is 0 Å². The number of hydrogen-bond acceptors (Lipinski definition) is 5. The minimum atomic E-state index is -4.82. The lowest BCUT2D eigenvalue weighted by molar-refractivity contribution is -0.139. The summed E-state index contributed by atoms with van der Waals surface area (Å²) < 4.78 is 80.8. The molecule has 8 nitrogen and oxygen atoms in total. The summed E-state index contributed by atoms with van der Waals surface area (Å²) in [6.45, 7) is 10.1. The minimum absolute atomic E-state index is 0.0119. The lowest BCUT2D eigenvalue weighted by Crippen LogP contribution is -2.41. The summed E-state index contributed by atoms with van der Waals surface area (Å²) in [5.74, 6) is -4.40. The number of aromatic nitrogens is 1. The van der Waals surface area contributed by atoms with Gasteiger partial charge in [0.2, 0.25) is 5.91 Å². The van der Waals surface area contributed by atoms with Crippen LogP contribution in [0.4, 0.5) is 22.0 Å². The fourth-order valence-corrected chi connectivity index (χ4v) is 6.39. The van der Waals surface area contributed by atoms with E-state index >= 15 is 8.78 Å². The third kappa shape index (κ3) is 8.31. The topological polar surface area (TPSA) is 101 Å². The van der Waals surface area contributed by atoms with E-state index < -0.39 is 64.9 Å². The first kappa shape index (κ1) is 37.6. The van der Waals surface area contributed by atoms with Gasteiger partial charge in [0.05, 0.1) is 25.1 Å². The van der Waals surface area contributed by atoms with Gasteiger partial charge in [-0.1, -0.05) is 19.9 Å². The summed E-state index contributed by atoms with van der Waals surface area (Å²) in [6, 6.07) is 2.02. The molecule has 1 fully saturated rings. The molecule has 266 valence electrons. The molecule has 0 aliphatic carbocycles. The number of hydrogen-bond donors (Lipinski definition) is 2. The number of alkyl halides is 3. The monoisotopic (exact) mass is 691 g/mol. The second-order valence-corrected chi connectivity index (χ2v) is 13.1. The van der Waals surface area contributed by atoms with Crippen LogP contribution < -0.4 is 15.6 Å². The van der Waals surface area contributed by atoms with E-state index in [9.17, 15) is 32.7 Å². The molecule has 0 bridgehead atoms. The van der Waals surface area contributed by atoms with Crippen LogP contribution in [0.1, 0.15) is 78.6 Å². The number of carbonyl (C=O) groups is 2. The van der Waals surface area contributed by atoms with Gasteiger partial charge in [0.1, 0.15) is 23.4 Å². The number of halogens is 5. The summed E-state index contributed by atoms with van der Waals surface area (Å²) in [4.78, 5) is 41.2. The molecular formula is C36H42F5N3O5. The molecule has 2 unspecified atom stereocenters. The summed E-state index contributed by atoms with van der Waals surface area (Å²) in [5, 5.41) is 12.2. The van der Waals surface area contributed by atoms with E-state index in [1.165, 1.54) is 20.1 Å². The Labute approximate surface area is 281 Å². The number of methoxy groups -OCH3 is 1. The summed E-state index contributed by atoms with van der Waals surface area (Å²) in [6.07, 6.45) is -3.84. The van der Waals surface area contributed by atoms with Crippen molar-refractivity contribution in [1.82, 2.24) is 14.8 Å². The second-order valence-electron chi connectivity index (χ2n) is 13.1. The highest BCUT2D eigenvalue weighted by atomic mass is 19.4. The number of aliphatic carboxylic acids is 1. The predicted molar refractivity (Wildman–Crippen MR) is 175 cm³/mol. The summed E-state index contributed by atoms with van der Waals surface area (Å²) in [7, 11) is 1.45. The Balaban J connectivity index is 1.82. The number of rotatable bonds is 13. The van der Waals surface area contributed by atoms with E-state index in [2.05, 4.69) is 5.32 Å². The standard InChI is InChI=1S/C36H42F5N3O5/c1-19(2)14-27(44-18-23(10-13-43-11-7-12-43)25(16-29(44)45)36(39,40)41)35(48)42-26(17-30(46)47)32-33(37)21(4)15-24(34(32)38)31-20(3)8-9-28(49-6)22(31)5/h8-9,15-16,18-19,26-27H,7,10-14,17H2,1-6H3,(H,42,48)(H,46,47).